The van der Waals surface area contributed by atoms with E-state index in [1.165, 1.54) is 12.1 Å². The second-order valence-corrected chi connectivity index (χ2v) is 6.08. The Bertz CT molecular complexity index is 920. The number of carbonyl (C=O) groups excluding carboxylic acids is 2. The minimum atomic E-state index is -0.406. The van der Waals surface area contributed by atoms with Crippen LogP contribution in [0.4, 0.5) is 10.8 Å². The minimum Gasteiger partial charge on any atom is -0.508 e. The number of benzene rings is 2. The van der Waals surface area contributed by atoms with E-state index in [0.29, 0.717) is 22.1 Å². The van der Waals surface area contributed by atoms with Gasteiger partial charge in [-0.1, -0.05) is 0 Å². The van der Waals surface area contributed by atoms with Crippen molar-refractivity contribution in [3.63, 3.8) is 0 Å². The van der Waals surface area contributed by atoms with E-state index in [1.807, 2.05) is 0 Å². The molecule has 0 atom stereocenters. The lowest BCUT2D eigenvalue weighted by Gasteiger charge is -2.04. The first-order valence-corrected chi connectivity index (χ1v) is 8.44. The number of nitrogens with zero attached hydrogens (tertiary/aromatic N) is 1. The average Bonchev–Trinajstić information content (AvgIpc) is 3.12. The number of methoxy groups -OCH3 is 1. The van der Waals surface area contributed by atoms with Crippen LogP contribution in [-0.2, 0) is 0 Å². The lowest BCUT2D eigenvalue weighted by molar-refractivity contribution is 0.101. The van der Waals surface area contributed by atoms with E-state index in [2.05, 4.69) is 15.6 Å². The van der Waals surface area contributed by atoms with Crippen molar-refractivity contribution in [2.75, 3.05) is 17.7 Å². The molecule has 0 aliphatic carbocycles. The zero-order valence-corrected chi connectivity index (χ0v) is 14.5. The van der Waals surface area contributed by atoms with Gasteiger partial charge in [0, 0.05) is 16.6 Å². The molecule has 3 aromatic rings. The van der Waals surface area contributed by atoms with Crippen LogP contribution in [0.25, 0.3) is 0 Å². The van der Waals surface area contributed by atoms with E-state index < -0.39 is 5.91 Å². The summed E-state index contributed by atoms with van der Waals surface area (Å²) in [6.07, 6.45) is 0. The second-order valence-electron chi connectivity index (χ2n) is 5.22. The van der Waals surface area contributed by atoms with Gasteiger partial charge in [-0.2, -0.15) is 0 Å². The predicted molar refractivity (Wildman–Crippen MR) is 99.1 cm³/mol. The summed E-state index contributed by atoms with van der Waals surface area (Å²) < 4.78 is 5.05. The molecule has 0 aliphatic rings. The predicted octanol–water partition coefficient (Wildman–Crippen LogP) is 3.36. The fraction of sp³-hybridized carbons (Fsp3) is 0.0556. The van der Waals surface area contributed by atoms with Gasteiger partial charge in [-0.05, 0) is 48.5 Å². The van der Waals surface area contributed by atoms with Gasteiger partial charge in [0.15, 0.2) is 5.13 Å². The molecule has 3 N–H and O–H groups in total. The summed E-state index contributed by atoms with van der Waals surface area (Å²) in [5, 5.41) is 16.4. The largest absolute Gasteiger partial charge is 0.508 e. The number of anilines is 2. The summed E-state index contributed by atoms with van der Waals surface area (Å²) in [6, 6.07) is 12.7. The van der Waals surface area contributed by atoms with Gasteiger partial charge in [-0.3, -0.25) is 14.9 Å². The number of hydrogen-bond donors (Lipinski definition) is 3. The molecule has 0 radical (unpaired) electrons. The third kappa shape index (κ3) is 4.17. The van der Waals surface area contributed by atoms with Crippen LogP contribution in [0.2, 0.25) is 0 Å². The highest BCUT2D eigenvalue weighted by atomic mass is 32.1. The zero-order valence-electron chi connectivity index (χ0n) is 13.7. The Kier molecular flexibility index (Phi) is 5.14. The van der Waals surface area contributed by atoms with Crippen LogP contribution in [0.15, 0.2) is 53.9 Å². The molecule has 1 heterocycles. The van der Waals surface area contributed by atoms with Gasteiger partial charge in [0.25, 0.3) is 11.8 Å². The van der Waals surface area contributed by atoms with Gasteiger partial charge in [0.05, 0.1) is 7.11 Å². The van der Waals surface area contributed by atoms with Crippen LogP contribution in [-0.4, -0.2) is 29.0 Å². The highest BCUT2D eigenvalue weighted by molar-refractivity contribution is 7.14. The molecule has 0 saturated carbocycles. The Labute approximate surface area is 153 Å². The summed E-state index contributed by atoms with van der Waals surface area (Å²) in [5.74, 6) is 0.0357. The summed E-state index contributed by atoms with van der Waals surface area (Å²) in [4.78, 5) is 28.5. The number of carbonyl (C=O) groups is 2. The number of amides is 2. The quantitative estimate of drug-likeness (QED) is 0.599. The summed E-state index contributed by atoms with van der Waals surface area (Å²) in [6.45, 7) is 0. The minimum absolute atomic E-state index is 0.111. The number of nitrogens with one attached hydrogen (secondary N) is 2. The molecule has 26 heavy (non-hydrogen) atoms. The number of rotatable bonds is 5. The van der Waals surface area contributed by atoms with Crippen molar-refractivity contribution in [3.8, 4) is 11.5 Å². The molecule has 0 unspecified atom stereocenters. The first-order valence-electron chi connectivity index (χ1n) is 7.56. The molecule has 0 saturated heterocycles. The normalized spacial score (nSPS) is 10.2. The Morgan fingerprint density at radius 1 is 1.00 bits per heavy atom. The monoisotopic (exact) mass is 369 g/mol. The van der Waals surface area contributed by atoms with Gasteiger partial charge in [0.1, 0.15) is 17.2 Å². The third-order valence-corrected chi connectivity index (χ3v) is 4.19. The van der Waals surface area contributed by atoms with E-state index in [0.717, 1.165) is 11.3 Å². The SMILES string of the molecule is COc1ccc(C(=O)Nc2nc(C(=O)Nc3ccc(O)cc3)cs2)cc1. The van der Waals surface area contributed by atoms with Crippen LogP contribution in [0.5, 0.6) is 11.5 Å². The van der Waals surface area contributed by atoms with Crippen molar-refractivity contribution in [1.29, 1.82) is 0 Å². The lowest BCUT2D eigenvalue weighted by atomic mass is 10.2. The number of hydrogen-bond acceptors (Lipinski definition) is 6. The summed E-state index contributed by atoms with van der Waals surface area (Å²) in [7, 11) is 1.55. The first-order chi connectivity index (χ1) is 12.5. The molecular formula is C18H15N3O4S. The standard InChI is InChI=1S/C18H15N3O4S/c1-25-14-8-2-11(3-9-14)16(23)21-18-20-15(10-26-18)17(24)19-12-4-6-13(22)7-5-12/h2-10,22H,1H3,(H,19,24)(H,20,21,23). The molecular weight excluding hydrogens is 354 g/mol. The second kappa shape index (κ2) is 7.66. The molecule has 0 aliphatic heterocycles. The van der Waals surface area contributed by atoms with Crippen molar-refractivity contribution < 1.29 is 19.4 Å². The van der Waals surface area contributed by atoms with Gasteiger partial charge < -0.3 is 15.2 Å². The molecule has 0 bridgehead atoms. The number of aromatic hydroxyl groups is 1. The zero-order chi connectivity index (χ0) is 18.5. The Morgan fingerprint density at radius 2 is 1.69 bits per heavy atom. The molecule has 8 heteroatoms. The van der Waals surface area contributed by atoms with E-state index >= 15 is 0 Å². The first kappa shape index (κ1) is 17.4. The van der Waals surface area contributed by atoms with E-state index in [4.69, 9.17) is 4.74 Å². The number of aromatic nitrogens is 1. The third-order valence-electron chi connectivity index (χ3n) is 3.43. The summed E-state index contributed by atoms with van der Waals surface area (Å²) in [5.41, 5.74) is 1.17. The number of phenolic OH excluding ortho intramolecular Hbond substituents is 1. The van der Waals surface area contributed by atoms with E-state index in [9.17, 15) is 14.7 Å². The number of thiazole rings is 1. The molecule has 3 rings (SSSR count). The molecule has 7 nitrogen and oxygen atoms in total. The number of phenols is 1. The Hall–Kier alpha value is -3.39. The highest BCUT2D eigenvalue weighted by Gasteiger charge is 2.13. The highest BCUT2D eigenvalue weighted by Crippen LogP contribution is 2.19. The van der Waals surface area contributed by atoms with Crippen molar-refractivity contribution in [2.45, 2.75) is 0 Å². The van der Waals surface area contributed by atoms with Crippen LogP contribution in [0, 0.1) is 0 Å². The fourth-order valence-corrected chi connectivity index (χ4v) is 2.77. The fourth-order valence-electron chi connectivity index (χ4n) is 2.09. The van der Waals surface area contributed by atoms with E-state index in [-0.39, 0.29) is 17.4 Å². The average molecular weight is 369 g/mol. The molecule has 0 fully saturated rings. The van der Waals surface area contributed by atoms with Crippen LogP contribution >= 0.6 is 11.3 Å². The molecule has 1 aromatic heterocycles. The van der Waals surface area contributed by atoms with Crippen LogP contribution in [0.3, 0.4) is 0 Å². The van der Waals surface area contributed by atoms with E-state index in [1.54, 1.807) is 48.9 Å². The molecule has 2 aromatic carbocycles. The molecule has 132 valence electrons. The van der Waals surface area contributed by atoms with Crippen molar-refractivity contribution in [2.24, 2.45) is 0 Å². The van der Waals surface area contributed by atoms with Gasteiger partial charge in [-0.15, -0.1) is 11.3 Å². The van der Waals surface area contributed by atoms with Crippen molar-refractivity contribution in [1.82, 2.24) is 4.98 Å². The van der Waals surface area contributed by atoms with Crippen LogP contribution < -0.4 is 15.4 Å². The maximum Gasteiger partial charge on any atom is 0.275 e. The smallest absolute Gasteiger partial charge is 0.275 e. The lowest BCUT2D eigenvalue weighted by Crippen LogP contribution is -2.14. The summed E-state index contributed by atoms with van der Waals surface area (Å²) >= 11 is 1.15. The van der Waals surface area contributed by atoms with Gasteiger partial charge in [-0.25, -0.2) is 4.98 Å². The molecule has 0 spiro atoms. The molecule has 2 amide bonds. The van der Waals surface area contributed by atoms with Gasteiger partial charge in [0.2, 0.25) is 0 Å². The van der Waals surface area contributed by atoms with Crippen molar-refractivity contribution in [3.05, 3.63) is 65.2 Å². The number of ether oxygens (including phenoxy) is 1. The Balaban J connectivity index is 1.64. The van der Waals surface area contributed by atoms with Crippen LogP contribution in [0.1, 0.15) is 20.8 Å². The topological polar surface area (TPSA) is 101 Å². The maximum atomic E-state index is 12.2. The Morgan fingerprint density at radius 3 is 2.35 bits per heavy atom. The maximum absolute atomic E-state index is 12.2. The van der Waals surface area contributed by atoms with Crippen molar-refractivity contribution >= 4 is 34.0 Å². The van der Waals surface area contributed by atoms with Gasteiger partial charge >= 0.3 is 0 Å².